The zero-order chi connectivity index (χ0) is 27.0. The molecule has 1 unspecified atom stereocenters. The first-order valence-corrected chi connectivity index (χ1v) is 13.4. The summed E-state index contributed by atoms with van der Waals surface area (Å²) in [5.74, 6) is -0.522. The molecule has 4 rings (SSSR count). The first-order valence-electron chi connectivity index (χ1n) is 11.9. The Balaban J connectivity index is 1.82. The molecule has 1 atom stereocenters. The van der Waals surface area contributed by atoms with Crippen LogP contribution in [-0.2, 0) is 10.0 Å². The highest BCUT2D eigenvalue weighted by Gasteiger charge is 2.41. The number of halogens is 1. The molecule has 0 saturated carbocycles. The number of aromatic nitrogens is 2. The molecule has 9 nitrogen and oxygen atoms in total. The summed E-state index contributed by atoms with van der Waals surface area (Å²) in [6.45, 7) is 9.00. The number of carbonyl (C=O) groups is 1. The van der Waals surface area contributed by atoms with Crippen molar-refractivity contribution in [1.29, 1.82) is 0 Å². The van der Waals surface area contributed by atoms with Gasteiger partial charge in [0, 0.05) is 23.8 Å². The van der Waals surface area contributed by atoms with Gasteiger partial charge in [-0.3, -0.25) is 4.79 Å². The number of ether oxygens (including phenoxy) is 1. The quantitative estimate of drug-likeness (QED) is 0.472. The highest BCUT2D eigenvalue weighted by atomic mass is 32.2. The van der Waals surface area contributed by atoms with Gasteiger partial charge in [-0.1, -0.05) is 6.92 Å². The Morgan fingerprint density at radius 2 is 2.03 bits per heavy atom. The maximum absolute atomic E-state index is 14.2. The summed E-state index contributed by atoms with van der Waals surface area (Å²) in [5, 5.41) is 0. The molecule has 37 heavy (non-hydrogen) atoms. The monoisotopic (exact) mass is 527 g/mol. The number of nitrogens with two attached hydrogens (primary N) is 1. The average Bonchev–Trinajstić information content (AvgIpc) is 3.11. The van der Waals surface area contributed by atoms with Crippen LogP contribution in [0.1, 0.15) is 44.5 Å². The second kappa shape index (κ2) is 9.97. The molecule has 1 aromatic carbocycles. The van der Waals surface area contributed by atoms with Crippen LogP contribution in [0.3, 0.4) is 0 Å². The number of sulfonamides is 1. The van der Waals surface area contributed by atoms with Gasteiger partial charge < -0.3 is 15.4 Å². The van der Waals surface area contributed by atoms with Gasteiger partial charge in [0.25, 0.3) is 15.9 Å². The van der Waals surface area contributed by atoms with E-state index < -0.39 is 21.7 Å². The fourth-order valence-corrected chi connectivity index (χ4v) is 5.49. The fraction of sp³-hybridized carbons (Fsp3) is 0.346. The smallest absolute Gasteiger partial charge is 0.268 e. The van der Waals surface area contributed by atoms with E-state index in [0.29, 0.717) is 36.0 Å². The minimum Gasteiger partial charge on any atom is -0.493 e. The van der Waals surface area contributed by atoms with Gasteiger partial charge in [0.2, 0.25) is 0 Å². The summed E-state index contributed by atoms with van der Waals surface area (Å²) in [7, 11) is -4.30. The first kappa shape index (κ1) is 26.3. The van der Waals surface area contributed by atoms with Crippen molar-refractivity contribution in [1.82, 2.24) is 14.7 Å². The van der Waals surface area contributed by atoms with E-state index in [0.717, 1.165) is 6.42 Å². The van der Waals surface area contributed by atoms with E-state index in [1.54, 1.807) is 6.07 Å². The van der Waals surface area contributed by atoms with Crippen molar-refractivity contribution in [2.45, 2.75) is 44.6 Å². The van der Waals surface area contributed by atoms with Crippen LogP contribution in [0.2, 0.25) is 0 Å². The van der Waals surface area contributed by atoms with Crippen LogP contribution in [-0.4, -0.2) is 43.0 Å². The van der Waals surface area contributed by atoms with Crippen molar-refractivity contribution in [3.63, 3.8) is 0 Å². The van der Waals surface area contributed by atoms with Gasteiger partial charge in [0.05, 0.1) is 17.9 Å². The van der Waals surface area contributed by atoms with Gasteiger partial charge in [0.15, 0.2) is 0 Å². The van der Waals surface area contributed by atoms with E-state index in [4.69, 9.17) is 15.5 Å². The molecule has 1 aliphatic heterocycles. The highest BCUT2D eigenvalue weighted by Crippen LogP contribution is 2.40. The third-order valence-corrected chi connectivity index (χ3v) is 8.27. The Morgan fingerprint density at radius 1 is 1.27 bits per heavy atom. The van der Waals surface area contributed by atoms with E-state index in [9.17, 15) is 17.6 Å². The molecule has 2 aromatic heterocycles. The topological polar surface area (TPSA) is 128 Å². The Kier molecular flexibility index (Phi) is 7.09. The third-order valence-electron chi connectivity index (χ3n) is 6.90. The van der Waals surface area contributed by atoms with Crippen molar-refractivity contribution >= 4 is 27.6 Å². The molecule has 1 amide bonds. The summed E-state index contributed by atoms with van der Waals surface area (Å²) in [6.07, 6.45) is 2.21. The van der Waals surface area contributed by atoms with Crippen LogP contribution in [0.25, 0.3) is 11.3 Å². The summed E-state index contributed by atoms with van der Waals surface area (Å²) >= 11 is 0. The lowest BCUT2D eigenvalue weighted by Gasteiger charge is -2.36. The number of amides is 1. The van der Waals surface area contributed by atoms with Crippen molar-refractivity contribution < 1.29 is 22.3 Å². The van der Waals surface area contributed by atoms with Crippen molar-refractivity contribution in [3.8, 4) is 17.0 Å². The highest BCUT2D eigenvalue weighted by molar-refractivity contribution is 7.90. The van der Waals surface area contributed by atoms with Gasteiger partial charge >= 0.3 is 0 Å². The predicted octanol–water partition coefficient (Wildman–Crippen LogP) is 4.01. The Hall–Kier alpha value is -3.73. The lowest BCUT2D eigenvalue weighted by Crippen LogP contribution is -2.43. The summed E-state index contributed by atoms with van der Waals surface area (Å²) in [5.41, 5.74) is 6.24. The van der Waals surface area contributed by atoms with Crippen molar-refractivity contribution in [2.75, 3.05) is 23.8 Å². The lowest BCUT2D eigenvalue weighted by molar-refractivity contribution is 0.0981. The number of nitrogens with zero attached hydrogens (tertiary/aromatic N) is 3. The minimum atomic E-state index is -4.30. The number of nitrogens with one attached hydrogen (secondary N) is 1. The molecule has 0 radical (unpaired) electrons. The minimum absolute atomic E-state index is 0.0614. The standard InChI is InChI=1S/C26H30FN5O4S/c1-5-36-21-11-8-17(27)15-19(21)20-10-9-18(24(30-20)32-14-12-16(2)26(32,3)4)25(33)31-37(34,35)22-7-6-13-29-23(22)28/h6-11,13,15-16H,5,12,14H2,1-4H3,(H2,28,29)(H,31,33). The molecular formula is C26H30FN5O4S. The van der Waals surface area contributed by atoms with Gasteiger partial charge in [-0.2, -0.15) is 0 Å². The van der Waals surface area contributed by atoms with Crippen LogP contribution in [0, 0.1) is 11.7 Å². The number of carbonyl (C=O) groups excluding carboxylic acids is 1. The number of nitrogen functional groups attached to an aromatic ring is 1. The second-order valence-electron chi connectivity index (χ2n) is 9.46. The number of anilines is 2. The molecule has 11 heteroatoms. The molecule has 1 fully saturated rings. The Labute approximate surface area is 215 Å². The number of hydrogen-bond acceptors (Lipinski definition) is 8. The summed E-state index contributed by atoms with van der Waals surface area (Å²) in [4.78, 5) is 23.6. The van der Waals surface area contributed by atoms with Gasteiger partial charge in [-0.25, -0.2) is 27.5 Å². The third kappa shape index (κ3) is 5.08. The van der Waals surface area contributed by atoms with Crippen molar-refractivity contribution in [3.05, 3.63) is 60.0 Å². The average molecular weight is 528 g/mol. The van der Waals surface area contributed by atoms with Crippen LogP contribution in [0.4, 0.5) is 16.0 Å². The lowest BCUT2D eigenvalue weighted by atomic mass is 9.90. The van der Waals surface area contributed by atoms with Crippen molar-refractivity contribution in [2.24, 2.45) is 5.92 Å². The number of benzene rings is 1. The van der Waals surface area contributed by atoms with Crippen LogP contribution >= 0.6 is 0 Å². The summed E-state index contributed by atoms with van der Waals surface area (Å²) < 4.78 is 47.9. The Morgan fingerprint density at radius 3 is 2.68 bits per heavy atom. The first-order chi connectivity index (χ1) is 17.5. The van der Waals surface area contributed by atoms with Gasteiger partial charge in [-0.05, 0) is 75.6 Å². The molecule has 0 aliphatic carbocycles. The molecule has 3 heterocycles. The van der Waals surface area contributed by atoms with Crippen LogP contribution in [0.15, 0.2) is 53.6 Å². The van der Waals surface area contributed by atoms with Crippen LogP contribution < -0.4 is 20.1 Å². The van der Waals surface area contributed by atoms with E-state index >= 15 is 0 Å². The second-order valence-corrected chi connectivity index (χ2v) is 11.1. The zero-order valence-electron chi connectivity index (χ0n) is 21.2. The van der Waals surface area contributed by atoms with E-state index in [2.05, 4.69) is 16.6 Å². The zero-order valence-corrected chi connectivity index (χ0v) is 22.0. The molecule has 1 aliphatic rings. The predicted molar refractivity (Wildman–Crippen MR) is 139 cm³/mol. The SMILES string of the molecule is CCOc1ccc(F)cc1-c1ccc(C(=O)NS(=O)(=O)c2cccnc2N)c(N2CCC(C)C2(C)C)n1. The van der Waals surface area contributed by atoms with E-state index in [1.807, 2.05) is 25.7 Å². The molecule has 3 aromatic rings. The van der Waals surface area contributed by atoms with Gasteiger partial charge in [0.1, 0.15) is 28.1 Å². The molecule has 196 valence electrons. The summed E-state index contributed by atoms with van der Waals surface area (Å²) in [6, 6.07) is 9.89. The molecular weight excluding hydrogens is 497 g/mol. The maximum Gasteiger partial charge on any atom is 0.268 e. The van der Waals surface area contributed by atoms with Crippen LogP contribution in [0.5, 0.6) is 5.75 Å². The van der Waals surface area contributed by atoms with Gasteiger partial charge in [-0.15, -0.1) is 0 Å². The number of hydrogen-bond donors (Lipinski definition) is 2. The normalized spacial score (nSPS) is 17.0. The molecule has 0 spiro atoms. The van der Waals surface area contributed by atoms with E-state index in [1.165, 1.54) is 42.6 Å². The molecule has 1 saturated heterocycles. The molecule has 0 bridgehead atoms. The Bertz CT molecular complexity index is 1440. The largest absolute Gasteiger partial charge is 0.493 e. The maximum atomic E-state index is 14.2. The van der Waals surface area contributed by atoms with E-state index in [-0.39, 0.29) is 27.7 Å². The number of rotatable bonds is 7. The molecule has 3 N–H and O–H groups in total. The number of pyridine rings is 2. The fourth-order valence-electron chi connectivity index (χ4n) is 4.44.